The van der Waals surface area contributed by atoms with Gasteiger partial charge in [0.25, 0.3) is 0 Å². The first-order valence-electron chi connectivity index (χ1n) is 16.5. The molecule has 4 aliphatic rings. The van der Waals surface area contributed by atoms with E-state index in [1.54, 1.807) is 4.90 Å². The number of carbonyl (C=O) groups is 3. The van der Waals surface area contributed by atoms with Gasteiger partial charge >= 0.3 is 12.1 Å². The minimum Gasteiger partial charge on any atom is -0.444 e. The Labute approximate surface area is 288 Å². The summed E-state index contributed by atoms with van der Waals surface area (Å²) in [6, 6.07) is 11.4. The van der Waals surface area contributed by atoms with Crippen LogP contribution in [0.4, 0.5) is 21.0 Å². The van der Waals surface area contributed by atoms with Gasteiger partial charge in [-0.1, -0.05) is 18.2 Å². The van der Waals surface area contributed by atoms with E-state index >= 15 is 0 Å². The van der Waals surface area contributed by atoms with Gasteiger partial charge in [-0.2, -0.15) is 0 Å². The summed E-state index contributed by atoms with van der Waals surface area (Å²) >= 11 is 6.95. The van der Waals surface area contributed by atoms with Crippen molar-refractivity contribution < 1.29 is 19.1 Å². The number of piperidine rings is 3. The van der Waals surface area contributed by atoms with Gasteiger partial charge < -0.3 is 30.8 Å². The molecule has 2 atom stereocenters. The number of carbonyl (C=O) groups excluding carboxylic acids is 3. The second-order valence-electron chi connectivity index (χ2n) is 13.1. The zero-order valence-corrected chi connectivity index (χ0v) is 29.4. The zero-order valence-electron chi connectivity index (χ0n) is 26.2. The smallest absolute Gasteiger partial charge is 0.411 e. The Morgan fingerprint density at radius 1 is 1.00 bits per heavy atom. The predicted molar refractivity (Wildman–Crippen MR) is 185 cm³/mol. The van der Waals surface area contributed by atoms with E-state index in [1.165, 1.54) is 12.8 Å². The Balaban J connectivity index is 1.24. The molecule has 0 saturated carbocycles. The van der Waals surface area contributed by atoms with Gasteiger partial charge in [0, 0.05) is 59.7 Å². The Bertz CT molecular complexity index is 1410. The van der Waals surface area contributed by atoms with E-state index in [-0.39, 0.29) is 25.1 Å². The summed E-state index contributed by atoms with van der Waals surface area (Å²) in [6.07, 6.45) is 6.95. The van der Waals surface area contributed by atoms with Crippen molar-refractivity contribution >= 4 is 61.6 Å². The summed E-state index contributed by atoms with van der Waals surface area (Å²) in [5, 5.41) is 6.59. The van der Waals surface area contributed by atoms with Crippen molar-refractivity contribution in [1.29, 1.82) is 0 Å². The third-order valence-electron chi connectivity index (χ3n) is 10.6. The van der Waals surface area contributed by atoms with Crippen LogP contribution in [0.3, 0.4) is 0 Å². The van der Waals surface area contributed by atoms with Crippen molar-refractivity contribution in [1.82, 2.24) is 20.0 Å². The van der Waals surface area contributed by atoms with Crippen LogP contribution in [0.25, 0.3) is 0 Å². The van der Waals surface area contributed by atoms with Crippen molar-refractivity contribution in [2.24, 2.45) is 11.8 Å². The van der Waals surface area contributed by atoms with Crippen molar-refractivity contribution in [2.75, 3.05) is 50.3 Å². The average Bonchev–Trinajstić information content (AvgIpc) is 3.24. The maximum absolute atomic E-state index is 14.0. The first-order chi connectivity index (χ1) is 22.3. The number of anilines is 2. The number of amides is 3. The highest BCUT2D eigenvalue weighted by molar-refractivity contribution is 9.11. The fraction of sp³-hybridized carbons (Fsp3) is 0.559. The van der Waals surface area contributed by atoms with E-state index in [0.29, 0.717) is 43.5 Å². The van der Waals surface area contributed by atoms with E-state index in [4.69, 9.17) is 10.5 Å². The lowest BCUT2D eigenvalue weighted by atomic mass is 9.77. The number of nitrogens with two attached hydrogens (primary N) is 1. The number of hydrogen-bond donors (Lipinski definition) is 3. The molecule has 0 radical (unpaired) electrons. The fourth-order valence-electron chi connectivity index (χ4n) is 8.14. The van der Waals surface area contributed by atoms with Gasteiger partial charge in [-0.15, -0.1) is 0 Å². The lowest BCUT2D eigenvalue weighted by Gasteiger charge is -2.56. The Hall–Kier alpha value is -2.67. The molecule has 4 heterocycles. The summed E-state index contributed by atoms with van der Waals surface area (Å²) < 4.78 is 7.39. The van der Waals surface area contributed by atoms with Crippen LogP contribution in [0.2, 0.25) is 0 Å². The summed E-state index contributed by atoms with van der Waals surface area (Å²) in [6.45, 7) is 4.78. The van der Waals surface area contributed by atoms with Gasteiger partial charge in [-0.05, 0) is 125 Å². The van der Waals surface area contributed by atoms with Crippen LogP contribution in [-0.4, -0.2) is 84.1 Å². The molecule has 3 saturated heterocycles. The molecule has 248 valence electrons. The molecule has 0 spiro atoms. The molecule has 6 rings (SSSR count). The molecule has 0 bridgehead atoms. The van der Waals surface area contributed by atoms with Crippen LogP contribution in [0, 0.1) is 11.8 Å². The number of para-hydroxylation sites is 1. The number of nitrogen functional groups attached to an aromatic ring is 1. The number of benzene rings is 2. The summed E-state index contributed by atoms with van der Waals surface area (Å²) in [5.41, 5.74) is 8.51. The van der Waals surface area contributed by atoms with E-state index in [1.807, 2.05) is 35.2 Å². The molecule has 3 amide bonds. The second kappa shape index (κ2) is 14.6. The number of nitrogens with zero attached hydrogens (tertiary/aromatic N) is 3. The zero-order chi connectivity index (χ0) is 32.3. The highest BCUT2D eigenvalue weighted by Gasteiger charge is 2.52. The molecule has 10 nitrogen and oxygen atoms in total. The van der Waals surface area contributed by atoms with Crippen LogP contribution in [0.5, 0.6) is 0 Å². The monoisotopic (exact) mass is 758 g/mol. The van der Waals surface area contributed by atoms with E-state index in [2.05, 4.69) is 53.5 Å². The van der Waals surface area contributed by atoms with Crippen LogP contribution < -0.4 is 16.4 Å². The molecule has 4 N–H and O–H groups in total. The van der Waals surface area contributed by atoms with Crippen LogP contribution in [-0.2, 0) is 22.6 Å². The van der Waals surface area contributed by atoms with E-state index < -0.39 is 11.8 Å². The molecule has 2 aromatic carbocycles. The molecule has 4 aliphatic heterocycles. The molecule has 12 heteroatoms. The molecule has 2 aromatic rings. The largest absolute Gasteiger partial charge is 0.444 e. The predicted octanol–water partition coefficient (Wildman–Crippen LogP) is 5.98. The highest BCUT2D eigenvalue weighted by atomic mass is 79.9. The van der Waals surface area contributed by atoms with Gasteiger partial charge in [-0.3, -0.25) is 9.80 Å². The SMILES string of the molecule is Nc1c(Br)cc(COC(=O)N2CC[C@@H](N3CCc4ccccc4NC3=O)C[C@@]2(CC=O)N2CCC(C3CCNCC3)CC2)cc1Br. The van der Waals surface area contributed by atoms with Gasteiger partial charge in [0.05, 0.1) is 5.69 Å². The highest BCUT2D eigenvalue weighted by Crippen LogP contribution is 2.42. The third kappa shape index (κ3) is 6.95. The van der Waals surface area contributed by atoms with Gasteiger partial charge in [0.1, 0.15) is 18.6 Å². The normalized spacial score (nSPS) is 25.0. The number of halogens is 2. The number of hydrogen-bond acceptors (Lipinski definition) is 7. The number of rotatable bonds is 7. The minimum absolute atomic E-state index is 0.0675. The molecule has 0 unspecified atom stereocenters. The quantitative estimate of drug-likeness (QED) is 0.235. The minimum atomic E-state index is -0.886. The number of nitrogens with one attached hydrogen (secondary N) is 2. The molecule has 0 aromatic heterocycles. The van der Waals surface area contributed by atoms with E-state index in [9.17, 15) is 14.4 Å². The second-order valence-corrected chi connectivity index (χ2v) is 14.8. The number of aldehydes is 1. The first-order valence-corrected chi connectivity index (χ1v) is 18.1. The van der Waals surface area contributed by atoms with Crippen LogP contribution in [0.15, 0.2) is 45.3 Å². The number of urea groups is 1. The first kappa shape index (κ1) is 33.2. The third-order valence-corrected chi connectivity index (χ3v) is 12.0. The maximum Gasteiger partial charge on any atom is 0.411 e. The van der Waals surface area contributed by atoms with Gasteiger partial charge in [0.2, 0.25) is 0 Å². The molecular formula is C34H44Br2N6O4. The lowest BCUT2D eigenvalue weighted by Crippen LogP contribution is -2.69. The molecular weight excluding hydrogens is 716 g/mol. The van der Waals surface area contributed by atoms with Gasteiger partial charge in [-0.25, -0.2) is 9.59 Å². The molecule has 3 fully saturated rings. The van der Waals surface area contributed by atoms with E-state index in [0.717, 1.165) is 77.5 Å². The summed E-state index contributed by atoms with van der Waals surface area (Å²) in [4.78, 5) is 46.2. The van der Waals surface area contributed by atoms with Crippen molar-refractivity contribution in [3.63, 3.8) is 0 Å². The number of ether oxygens (including phenoxy) is 1. The maximum atomic E-state index is 14.0. The van der Waals surface area contributed by atoms with Crippen molar-refractivity contribution in [3.8, 4) is 0 Å². The summed E-state index contributed by atoms with van der Waals surface area (Å²) in [5.74, 6) is 1.36. The Kier molecular flexibility index (Phi) is 10.6. The van der Waals surface area contributed by atoms with Crippen molar-refractivity contribution in [3.05, 3.63) is 56.5 Å². The average molecular weight is 761 g/mol. The molecule has 46 heavy (non-hydrogen) atoms. The summed E-state index contributed by atoms with van der Waals surface area (Å²) in [7, 11) is 0. The fourth-order valence-corrected chi connectivity index (χ4v) is 9.42. The number of fused-ring (bicyclic) bond motifs is 1. The standard InChI is InChI=1S/C34H44Br2N6O4/c35-28-19-23(20-29(36)31(28)37)22-46-33(45)42-17-10-27(41-16-9-26-3-1-2-4-30(26)39-32(41)44)21-34(42,11-18-43)40-14-7-25(8-15-40)24-5-12-38-13-6-24/h1-4,18-20,24-25,27,38H,5-17,21-22,37H2,(H,39,44)/t27-,34+/m1/s1. The Morgan fingerprint density at radius 3 is 2.41 bits per heavy atom. The van der Waals surface area contributed by atoms with Crippen LogP contribution in [0.1, 0.15) is 56.1 Å². The van der Waals surface area contributed by atoms with Crippen molar-refractivity contribution in [2.45, 2.75) is 69.7 Å². The van der Waals surface area contributed by atoms with Crippen LogP contribution >= 0.6 is 31.9 Å². The Morgan fingerprint density at radius 2 is 1.70 bits per heavy atom. The topological polar surface area (TPSA) is 120 Å². The lowest BCUT2D eigenvalue weighted by molar-refractivity contribution is -0.128. The number of likely N-dealkylation sites (tertiary alicyclic amines) is 2. The van der Waals surface area contributed by atoms with Gasteiger partial charge in [0.15, 0.2) is 0 Å². The molecule has 0 aliphatic carbocycles.